The predicted molar refractivity (Wildman–Crippen MR) is 79.5 cm³/mol. The third-order valence-corrected chi connectivity index (χ3v) is 3.80. The van der Waals surface area contributed by atoms with Gasteiger partial charge in [-0.05, 0) is 34.1 Å². The Morgan fingerprint density at radius 2 is 1.95 bits per heavy atom. The fraction of sp³-hybridized carbons (Fsp3) is 0.0667. The summed E-state index contributed by atoms with van der Waals surface area (Å²) < 4.78 is 20.3. The highest BCUT2D eigenvalue weighted by Gasteiger charge is 2.21. The SMILES string of the molecule is NNC(c1cc2ccccc2o1)c1cccc(Br)c1F. The minimum atomic E-state index is -0.542. The van der Waals surface area contributed by atoms with Gasteiger partial charge in [0.05, 0.1) is 4.47 Å². The largest absolute Gasteiger partial charge is 0.459 e. The third-order valence-electron chi connectivity index (χ3n) is 3.19. The number of hydrogen-bond acceptors (Lipinski definition) is 3. The number of nitrogens with two attached hydrogens (primary N) is 1. The number of hydrazine groups is 1. The van der Waals surface area contributed by atoms with Crippen LogP contribution >= 0.6 is 15.9 Å². The summed E-state index contributed by atoms with van der Waals surface area (Å²) in [7, 11) is 0. The summed E-state index contributed by atoms with van der Waals surface area (Å²) in [6, 6.07) is 14.0. The van der Waals surface area contributed by atoms with Crippen molar-refractivity contribution in [1.29, 1.82) is 0 Å². The number of benzene rings is 2. The Morgan fingerprint density at radius 3 is 2.70 bits per heavy atom. The van der Waals surface area contributed by atoms with Crippen molar-refractivity contribution >= 4 is 26.9 Å². The van der Waals surface area contributed by atoms with Crippen LogP contribution in [0.1, 0.15) is 17.4 Å². The van der Waals surface area contributed by atoms with Gasteiger partial charge in [0.1, 0.15) is 23.2 Å². The zero-order chi connectivity index (χ0) is 14.1. The van der Waals surface area contributed by atoms with E-state index in [0.717, 1.165) is 11.0 Å². The van der Waals surface area contributed by atoms with Crippen LogP contribution in [0, 0.1) is 5.82 Å². The van der Waals surface area contributed by atoms with Crippen LogP contribution < -0.4 is 11.3 Å². The minimum absolute atomic E-state index is 0.351. The highest BCUT2D eigenvalue weighted by atomic mass is 79.9. The lowest BCUT2D eigenvalue weighted by molar-refractivity contribution is 0.462. The van der Waals surface area contributed by atoms with Crippen molar-refractivity contribution in [3.05, 3.63) is 70.1 Å². The molecule has 5 heteroatoms. The van der Waals surface area contributed by atoms with Crippen LogP contribution in [0.5, 0.6) is 0 Å². The van der Waals surface area contributed by atoms with Gasteiger partial charge in [0.2, 0.25) is 0 Å². The third kappa shape index (κ3) is 2.24. The zero-order valence-electron chi connectivity index (χ0n) is 10.4. The second-order valence-electron chi connectivity index (χ2n) is 4.43. The Hall–Kier alpha value is -1.69. The van der Waals surface area contributed by atoms with Crippen LogP contribution in [0.2, 0.25) is 0 Å². The van der Waals surface area contributed by atoms with E-state index in [-0.39, 0.29) is 5.82 Å². The molecule has 0 radical (unpaired) electrons. The van der Waals surface area contributed by atoms with E-state index in [1.54, 1.807) is 18.2 Å². The molecule has 0 saturated heterocycles. The summed E-state index contributed by atoms with van der Waals surface area (Å²) in [6.07, 6.45) is 0. The molecule has 1 heterocycles. The molecule has 1 aromatic heterocycles. The Kier molecular flexibility index (Phi) is 3.56. The Balaban J connectivity index is 2.11. The first kappa shape index (κ1) is 13.3. The van der Waals surface area contributed by atoms with Crippen molar-refractivity contribution in [2.45, 2.75) is 6.04 Å². The lowest BCUT2D eigenvalue weighted by atomic mass is 10.0. The smallest absolute Gasteiger partial charge is 0.142 e. The molecule has 0 fully saturated rings. The average Bonchev–Trinajstić information content (AvgIpc) is 2.87. The average molecular weight is 335 g/mol. The molecule has 0 aliphatic heterocycles. The molecule has 0 saturated carbocycles. The lowest BCUT2D eigenvalue weighted by Crippen LogP contribution is -2.29. The summed E-state index contributed by atoms with van der Waals surface area (Å²) in [5.41, 5.74) is 3.79. The molecule has 1 unspecified atom stereocenters. The van der Waals surface area contributed by atoms with Gasteiger partial charge in [-0.1, -0.05) is 30.3 Å². The molecule has 0 bridgehead atoms. The Labute approximate surface area is 123 Å². The van der Waals surface area contributed by atoms with Crippen LogP contribution in [0.15, 0.2) is 57.4 Å². The molecule has 3 N–H and O–H groups in total. The van der Waals surface area contributed by atoms with E-state index in [0.29, 0.717) is 15.8 Å². The molecule has 3 rings (SSSR count). The molecule has 3 nitrogen and oxygen atoms in total. The maximum atomic E-state index is 14.2. The number of fused-ring (bicyclic) bond motifs is 1. The number of halogens is 2. The van der Waals surface area contributed by atoms with Gasteiger partial charge < -0.3 is 4.42 Å². The van der Waals surface area contributed by atoms with Gasteiger partial charge >= 0.3 is 0 Å². The van der Waals surface area contributed by atoms with E-state index in [1.165, 1.54) is 0 Å². The Morgan fingerprint density at radius 1 is 1.15 bits per heavy atom. The fourth-order valence-electron chi connectivity index (χ4n) is 2.21. The van der Waals surface area contributed by atoms with Crippen molar-refractivity contribution in [2.75, 3.05) is 0 Å². The molecule has 20 heavy (non-hydrogen) atoms. The normalized spacial score (nSPS) is 12.8. The number of furan rings is 1. The van der Waals surface area contributed by atoms with Crippen molar-refractivity contribution in [2.24, 2.45) is 5.84 Å². The summed E-state index contributed by atoms with van der Waals surface area (Å²) in [5.74, 6) is 5.81. The maximum Gasteiger partial charge on any atom is 0.142 e. The molecule has 0 spiro atoms. The van der Waals surface area contributed by atoms with Gasteiger partial charge in [-0.3, -0.25) is 5.84 Å². The van der Waals surface area contributed by atoms with E-state index in [9.17, 15) is 4.39 Å². The molecule has 0 aliphatic rings. The molecule has 1 atom stereocenters. The highest BCUT2D eigenvalue weighted by Crippen LogP contribution is 2.31. The van der Waals surface area contributed by atoms with Gasteiger partial charge in [0.15, 0.2) is 0 Å². The lowest BCUT2D eigenvalue weighted by Gasteiger charge is -2.15. The van der Waals surface area contributed by atoms with E-state index < -0.39 is 6.04 Å². The summed E-state index contributed by atoms with van der Waals surface area (Å²) in [6.45, 7) is 0. The van der Waals surface area contributed by atoms with Gasteiger partial charge in [-0.25, -0.2) is 9.82 Å². The van der Waals surface area contributed by atoms with Gasteiger partial charge in [0, 0.05) is 10.9 Å². The fourth-order valence-corrected chi connectivity index (χ4v) is 2.59. The molecule has 2 aromatic carbocycles. The van der Waals surface area contributed by atoms with Gasteiger partial charge in [-0.2, -0.15) is 0 Å². The second kappa shape index (κ2) is 5.36. The quantitative estimate of drug-likeness (QED) is 0.564. The molecular weight excluding hydrogens is 323 g/mol. The monoisotopic (exact) mass is 334 g/mol. The van der Waals surface area contributed by atoms with E-state index in [2.05, 4.69) is 21.4 Å². The molecule has 0 amide bonds. The molecule has 3 aromatic rings. The molecule has 0 aliphatic carbocycles. The summed E-state index contributed by atoms with van der Waals surface area (Å²) >= 11 is 3.18. The summed E-state index contributed by atoms with van der Waals surface area (Å²) in [5, 5.41) is 0.957. The van der Waals surface area contributed by atoms with Crippen LogP contribution in [-0.4, -0.2) is 0 Å². The zero-order valence-corrected chi connectivity index (χ0v) is 12.0. The van der Waals surface area contributed by atoms with Crippen LogP contribution in [-0.2, 0) is 0 Å². The maximum absolute atomic E-state index is 14.2. The minimum Gasteiger partial charge on any atom is -0.459 e. The van der Waals surface area contributed by atoms with Crippen molar-refractivity contribution in [3.63, 3.8) is 0 Å². The van der Waals surface area contributed by atoms with E-state index >= 15 is 0 Å². The van der Waals surface area contributed by atoms with Crippen molar-refractivity contribution in [1.82, 2.24) is 5.43 Å². The summed E-state index contributed by atoms with van der Waals surface area (Å²) in [4.78, 5) is 0. The first-order valence-corrected chi connectivity index (χ1v) is 6.88. The number of hydrogen-bond donors (Lipinski definition) is 2. The number of para-hydroxylation sites is 1. The van der Waals surface area contributed by atoms with E-state index in [1.807, 2.05) is 30.3 Å². The van der Waals surface area contributed by atoms with E-state index in [4.69, 9.17) is 10.3 Å². The predicted octanol–water partition coefficient (Wildman–Crippen LogP) is 3.89. The standard InChI is InChI=1S/C15H12BrFN2O/c16-11-6-3-5-10(14(11)17)15(19-18)13-8-9-4-1-2-7-12(9)20-13/h1-8,15,19H,18H2. The molecular formula is C15H12BrFN2O. The highest BCUT2D eigenvalue weighted by molar-refractivity contribution is 9.10. The second-order valence-corrected chi connectivity index (χ2v) is 5.28. The van der Waals surface area contributed by atoms with Gasteiger partial charge in [-0.15, -0.1) is 0 Å². The van der Waals surface area contributed by atoms with Crippen LogP contribution in [0.4, 0.5) is 4.39 Å². The number of rotatable bonds is 3. The Bertz CT molecular complexity index is 723. The number of nitrogens with one attached hydrogen (secondary N) is 1. The van der Waals surface area contributed by atoms with Crippen molar-refractivity contribution in [3.8, 4) is 0 Å². The van der Waals surface area contributed by atoms with Crippen molar-refractivity contribution < 1.29 is 8.81 Å². The first-order chi connectivity index (χ1) is 9.70. The molecule has 102 valence electrons. The topological polar surface area (TPSA) is 51.2 Å². The van der Waals surface area contributed by atoms with Crippen LogP contribution in [0.3, 0.4) is 0 Å². The first-order valence-electron chi connectivity index (χ1n) is 6.09. The van der Waals surface area contributed by atoms with Crippen LogP contribution in [0.25, 0.3) is 11.0 Å². The van der Waals surface area contributed by atoms with Gasteiger partial charge in [0.25, 0.3) is 0 Å².